The number of aromatic nitrogens is 2. The summed E-state index contributed by atoms with van der Waals surface area (Å²) in [6.07, 6.45) is 2.75. The third kappa shape index (κ3) is 3.66. The summed E-state index contributed by atoms with van der Waals surface area (Å²) in [6, 6.07) is 5.84. The molecule has 0 unspecified atom stereocenters. The summed E-state index contributed by atoms with van der Waals surface area (Å²) >= 11 is 0. The second-order valence-corrected chi connectivity index (χ2v) is 4.22. The van der Waals surface area contributed by atoms with Gasteiger partial charge in [0.15, 0.2) is 0 Å². The molecule has 0 atom stereocenters. The first-order valence-electron chi connectivity index (χ1n) is 5.91. The molecule has 8 heteroatoms. The van der Waals surface area contributed by atoms with E-state index >= 15 is 0 Å². The molecule has 0 aliphatic rings. The van der Waals surface area contributed by atoms with Crippen LogP contribution in [0.15, 0.2) is 36.7 Å². The lowest BCUT2D eigenvalue weighted by atomic mass is 10.1. The number of nitrogens with zero attached hydrogens (tertiary/aromatic N) is 2. The molecule has 4 N–H and O–H groups in total. The Morgan fingerprint density at radius 1 is 1.19 bits per heavy atom. The molecule has 21 heavy (non-hydrogen) atoms. The van der Waals surface area contributed by atoms with Gasteiger partial charge in [0.1, 0.15) is 6.54 Å². The molecule has 0 radical (unpaired) electrons. The first-order chi connectivity index (χ1) is 9.95. The lowest BCUT2D eigenvalue weighted by Gasteiger charge is -2.03. The summed E-state index contributed by atoms with van der Waals surface area (Å²) in [5, 5.41) is 15.0. The van der Waals surface area contributed by atoms with Crippen LogP contribution >= 0.6 is 0 Å². The second kappa shape index (κ2) is 5.87. The number of rotatable bonds is 5. The van der Waals surface area contributed by atoms with Crippen LogP contribution in [0.3, 0.4) is 0 Å². The van der Waals surface area contributed by atoms with Gasteiger partial charge in [-0.25, -0.2) is 0 Å². The quantitative estimate of drug-likeness (QED) is 0.730. The number of benzene rings is 1. The van der Waals surface area contributed by atoms with Crippen LogP contribution in [0.1, 0.15) is 20.7 Å². The smallest absolute Gasteiger partial charge is 0.325 e. The number of nitrogens with two attached hydrogens (primary N) is 1. The first kappa shape index (κ1) is 14.3. The molecule has 1 heterocycles. The molecule has 0 bridgehead atoms. The van der Waals surface area contributed by atoms with Gasteiger partial charge < -0.3 is 16.2 Å². The number of primary amides is 1. The average molecular weight is 288 g/mol. The van der Waals surface area contributed by atoms with Crippen molar-refractivity contribution in [3.63, 3.8) is 0 Å². The fourth-order valence-electron chi connectivity index (χ4n) is 1.64. The minimum Gasteiger partial charge on any atom is -0.480 e. The Morgan fingerprint density at radius 3 is 2.38 bits per heavy atom. The van der Waals surface area contributed by atoms with Crippen LogP contribution in [-0.2, 0) is 11.3 Å². The SMILES string of the molecule is NC(=O)c1ccc(C(=O)Nc2cnn(CC(=O)O)c2)cc1. The molecule has 0 fully saturated rings. The third-order valence-corrected chi connectivity index (χ3v) is 2.62. The maximum absolute atomic E-state index is 11.9. The van der Waals surface area contributed by atoms with E-state index < -0.39 is 17.8 Å². The number of carbonyl (C=O) groups is 3. The molecular weight excluding hydrogens is 276 g/mol. The molecule has 8 nitrogen and oxygen atoms in total. The Hall–Kier alpha value is -3.16. The molecular formula is C13H12N4O4. The van der Waals surface area contributed by atoms with E-state index in [9.17, 15) is 14.4 Å². The summed E-state index contributed by atoms with van der Waals surface area (Å²) < 4.78 is 1.19. The predicted molar refractivity (Wildman–Crippen MR) is 72.8 cm³/mol. The summed E-state index contributed by atoms with van der Waals surface area (Å²) in [5.74, 6) is -2.00. The van der Waals surface area contributed by atoms with Gasteiger partial charge in [-0.3, -0.25) is 19.1 Å². The molecule has 0 saturated heterocycles. The molecule has 0 aliphatic heterocycles. The summed E-state index contributed by atoms with van der Waals surface area (Å²) in [4.78, 5) is 33.4. The number of hydrogen-bond acceptors (Lipinski definition) is 4. The monoisotopic (exact) mass is 288 g/mol. The van der Waals surface area contributed by atoms with Crippen molar-refractivity contribution >= 4 is 23.5 Å². The van der Waals surface area contributed by atoms with Crippen molar-refractivity contribution in [2.45, 2.75) is 6.54 Å². The zero-order valence-electron chi connectivity index (χ0n) is 10.8. The van der Waals surface area contributed by atoms with Gasteiger partial charge in [0.25, 0.3) is 5.91 Å². The van der Waals surface area contributed by atoms with E-state index in [-0.39, 0.29) is 6.54 Å². The lowest BCUT2D eigenvalue weighted by molar-refractivity contribution is -0.137. The van der Waals surface area contributed by atoms with E-state index in [1.807, 2.05) is 0 Å². The van der Waals surface area contributed by atoms with Crippen molar-refractivity contribution in [1.82, 2.24) is 9.78 Å². The summed E-state index contributed by atoms with van der Waals surface area (Å²) in [6.45, 7) is -0.289. The Kier molecular flexibility index (Phi) is 3.98. The normalized spacial score (nSPS) is 10.1. The maximum atomic E-state index is 11.9. The van der Waals surface area contributed by atoms with Crippen LogP contribution in [0, 0.1) is 0 Å². The minimum absolute atomic E-state index is 0.289. The summed E-state index contributed by atoms with van der Waals surface area (Å²) in [5.41, 5.74) is 6.13. The minimum atomic E-state index is -1.03. The van der Waals surface area contributed by atoms with Crippen LogP contribution in [-0.4, -0.2) is 32.7 Å². The molecule has 0 saturated carbocycles. The largest absolute Gasteiger partial charge is 0.480 e. The van der Waals surface area contributed by atoms with Gasteiger partial charge in [-0.2, -0.15) is 5.10 Å². The van der Waals surface area contributed by atoms with Gasteiger partial charge in [-0.1, -0.05) is 0 Å². The number of anilines is 1. The van der Waals surface area contributed by atoms with Gasteiger partial charge in [0.05, 0.1) is 11.9 Å². The van der Waals surface area contributed by atoms with E-state index in [1.54, 1.807) is 0 Å². The number of aliphatic carboxylic acids is 1. The molecule has 0 spiro atoms. The van der Waals surface area contributed by atoms with Gasteiger partial charge >= 0.3 is 5.97 Å². The zero-order chi connectivity index (χ0) is 15.4. The summed E-state index contributed by atoms with van der Waals surface area (Å²) in [7, 11) is 0. The van der Waals surface area contributed by atoms with Crippen molar-refractivity contribution in [2.75, 3.05) is 5.32 Å². The van der Waals surface area contributed by atoms with Crippen molar-refractivity contribution in [3.8, 4) is 0 Å². The highest BCUT2D eigenvalue weighted by atomic mass is 16.4. The van der Waals surface area contributed by atoms with Crippen molar-refractivity contribution in [3.05, 3.63) is 47.8 Å². The Morgan fingerprint density at radius 2 is 1.81 bits per heavy atom. The zero-order valence-corrected chi connectivity index (χ0v) is 10.8. The van der Waals surface area contributed by atoms with Crippen LogP contribution < -0.4 is 11.1 Å². The number of carboxylic acid groups (broad SMARTS) is 1. The van der Waals surface area contributed by atoms with Crippen molar-refractivity contribution < 1.29 is 19.5 Å². The highest BCUT2D eigenvalue weighted by Crippen LogP contribution is 2.09. The Bertz CT molecular complexity index is 690. The lowest BCUT2D eigenvalue weighted by Crippen LogP contribution is -2.14. The van der Waals surface area contributed by atoms with E-state index in [1.165, 1.54) is 41.3 Å². The highest BCUT2D eigenvalue weighted by Gasteiger charge is 2.09. The third-order valence-electron chi connectivity index (χ3n) is 2.62. The van der Waals surface area contributed by atoms with Crippen LogP contribution in [0.25, 0.3) is 0 Å². The number of carbonyl (C=O) groups excluding carboxylic acids is 2. The molecule has 1 aromatic heterocycles. The maximum Gasteiger partial charge on any atom is 0.325 e. The fraction of sp³-hybridized carbons (Fsp3) is 0.0769. The van der Waals surface area contributed by atoms with E-state index in [2.05, 4.69) is 10.4 Å². The molecule has 2 rings (SSSR count). The van der Waals surface area contributed by atoms with E-state index in [4.69, 9.17) is 10.8 Å². The van der Waals surface area contributed by atoms with Crippen LogP contribution in [0.2, 0.25) is 0 Å². The van der Waals surface area contributed by atoms with Crippen LogP contribution in [0.5, 0.6) is 0 Å². The van der Waals surface area contributed by atoms with E-state index in [0.29, 0.717) is 16.8 Å². The molecule has 108 valence electrons. The standard InChI is InChI=1S/C13H12N4O4/c14-12(20)8-1-3-9(4-2-8)13(21)16-10-5-15-17(6-10)7-11(18)19/h1-6H,7H2,(H2,14,20)(H,16,21)(H,18,19). The molecule has 2 amide bonds. The first-order valence-corrected chi connectivity index (χ1v) is 5.91. The van der Waals surface area contributed by atoms with Gasteiger partial charge in [-0.15, -0.1) is 0 Å². The Labute approximate surface area is 119 Å². The van der Waals surface area contributed by atoms with Gasteiger partial charge in [0.2, 0.25) is 5.91 Å². The average Bonchev–Trinajstić information content (AvgIpc) is 2.85. The topological polar surface area (TPSA) is 127 Å². The van der Waals surface area contributed by atoms with Crippen LogP contribution in [0.4, 0.5) is 5.69 Å². The van der Waals surface area contributed by atoms with Gasteiger partial charge in [-0.05, 0) is 24.3 Å². The van der Waals surface area contributed by atoms with Gasteiger partial charge in [0, 0.05) is 17.3 Å². The predicted octanol–water partition coefficient (Wildman–Crippen LogP) is 0.319. The number of nitrogens with one attached hydrogen (secondary N) is 1. The number of amides is 2. The Balaban J connectivity index is 2.05. The van der Waals surface area contributed by atoms with Crippen molar-refractivity contribution in [1.29, 1.82) is 0 Å². The van der Waals surface area contributed by atoms with Crippen molar-refractivity contribution in [2.24, 2.45) is 5.73 Å². The molecule has 2 aromatic rings. The van der Waals surface area contributed by atoms with E-state index in [0.717, 1.165) is 0 Å². The fourth-order valence-corrected chi connectivity index (χ4v) is 1.64. The highest BCUT2D eigenvalue weighted by molar-refractivity contribution is 6.04. The molecule has 1 aromatic carbocycles. The number of hydrogen-bond donors (Lipinski definition) is 3. The second-order valence-electron chi connectivity index (χ2n) is 4.22. The molecule has 0 aliphatic carbocycles. The number of carboxylic acids is 1.